The Kier molecular flexibility index (Phi) is 4.93. The molecule has 2 saturated heterocycles. The number of fused-ring (bicyclic) bond motifs is 1. The Morgan fingerprint density at radius 2 is 1.65 bits per heavy atom. The van der Waals surface area contributed by atoms with E-state index < -0.39 is 5.54 Å². The number of piperidine rings is 1. The Labute approximate surface area is 155 Å². The zero-order chi connectivity index (χ0) is 18.1. The molecule has 2 saturated carbocycles. The number of urea groups is 1. The SMILES string of the molecule is O=C1NC2(CCCCCC2)C(=O)N1CC(=O)N1CCC[C@H]2CCCC[C@H]21. The summed E-state index contributed by atoms with van der Waals surface area (Å²) in [5, 5.41) is 2.94. The van der Waals surface area contributed by atoms with E-state index in [9.17, 15) is 14.4 Å². The molecule has 1 spiro atoms. The molecule has 2 heterocycles. The lowest BCUT2D eigenvalue weighted by Crippen LogP contribution is -2.53. The molecule has 0 aromatic heterocycles. The molecule has 4 rings (SSSR count). The van der Waals surface area contributed by atoms with Crippen molar-refractivity contribution in [3.63, 3.8) is 0 Å². The molecule has 6 heteroatoms. The summed E-state index contributed by atoms with van der Waals surface area (Å²) in [7, 11) is 0. The third-order valence-corrected chi connectivity index (χ3v) is 7.06. The van der Waals surface area contributed by atoms with Crippen LogP contribution in [0, 0.1) is 5.92 Å². The van der Waals surface area contributed by atoms with Crippen molar-refractivity contribution in [1.29, 1.82) is 0 Å². The number of amides is 4. The van der Waals surface area contributed by atoms with Crippen molar-refractivity contribution in [2.45, 2.75) is 88.6 Å². The number of likely N-dealkylation sites (tertiary alicyclic amines) is 1. The summed E-state index contributed by atoms with van der Waals surface area (Å²) in [4.78, 5) is 41.7. The fourth-order valence-corrected chi connectivity index (χ4v) is 5.65. The minimum Gasteiger partial charge on any atom is -0.338 e. The Morgan fingerprint density at radius 3 is 2.42 bits per heavy atom. The molecule has 6 nitrogen and oxygen atoms in total. The van der Waals surface area contributed by atoms with Gasteiger partial charge in [0.25, 0.3) is 5.91 Å². The summed E-state index contributed by atoms with van der Waals surface area (Å²) in [6.07, 6.45) is 12.5. The molecule has 0 aromatic carbocycles. The van der Waals surface area contributed by atoms with Gasteiger partial charge < -0.3 is 10.2 Å². The minimum absolute atomic E-state index is 0.0456. The summed E-state index contributed by atoms with van der Waals surface area (Å²) in [5.74, 6) is 0.392. The van der Waals surface area contributed by atoms with Gasteiger partial charge in [-0.2, -0.15) is 0 Å². The molecule has 4 fully saturated rings. The van der Waals surface area contributed by atoms with E-state index in [1.807, 2.05) is 4.90 Å². The average Bonchev–Trinajstić information content (AvgIpc) is 2.83. The van der Waals surface area contributed by atoms with Crippen LogP contribution in [0.1, 0.15) is 77.0 Å². The van der Waals surface area contributed by atoms with Gasteiger partial charge in [0.15, 0.2) is 0 Å². The van der Waals surface area contributed by atoms with Gasteiger partial charge in [-0.25, -0.2) is 4.79 Å². The van der Waals surface area contributed by atoms with E-state index in [1.54, 1.807) is 0 Å². The van der Waals surface area contributed by atoms with Crippen molar-refractivity contribution in [3.8, 4) is 0 Å². The molecule has 4 aliphatic rings. The Hall–Kier alpha value is -1.59. The van der Waals surface area contributed by atoms with Crippen LogP contribution >= 0.6 is 0 Å². The fraction of sp³-hybridized carbons (Fsp3) is 0.850. The maximum Gasteiger partial charge on any atom is 0.325 e. The van der Waals surface area contributed by atoms with Crippen molar-refractivity contribution in [1.82, 2.24) is 15.1 Å². The molecule has 0 bridgehead atoms. The van der Waals surface area contributed by atoms with E-state index in [2.05, 4.69) is 5.32 Å². The molecule has 0 unspecified atom stereocenters. The van der Waals surface area contributed by atoms with E-state index in [1.165, 1.54) is 30.6 Å². The van der Waals surface area contributed by atoms with Crippen LogP contribution in [0.5, 0.6) is 0 Å². The van der Waals surface area contributed by atoms with Crippen molar-refractivity contribution in [2.24, 2.45) is 5.92 Å². The number of hydrogen-bond donors (Lipinski definition) is 1. The Balaban J connectivity index is 1.45. The van der Waals surface area contributed by atoms with Gasteiger partial charge in [0, 0.05) is 12.6 Å². The van der Waals surface area contributed by atoms with Gasteiger partial charge in [0.05, 0.1) is 0 Å². The summed E-state index contributed by atoms with van der Waals surface area (Å²) >= 11 is 0. The predicted molar refractivity (Wildman–Crippen MR) is 97.4 cm³/mol. The number of nitrogens with one attached hydrogen (secondary N) is 1. The van der Waals surface area contributed by atoms with Gasteiger partial charge in [-0.3, -0.25) is 14.5 Å². The zero-order valence-electron chi connectivity index (χ0n) is 15.7. The van der Waals surface area contributed by atoms with Crippen LogP contribution in [0.4, 0.5) is 4.79 Å². The van der Waals surface area contributed by atoms with Crippen LogP contribution in [0.25, 0.3) is 0 Å². The monoisotopic (exact) mass is 361 g/mol. The van der Waals surface area contributed by atoms with E-state index in [0.29, 0.717) is 24.8 Å². The lowest BCUT2D eigenvalue weighted by molar-refractivity contribution is -0.143. The second-order valence-electron chi connectivity index (χ2n) is 8.66. The van der Waals surface area contributed by atoms with Crippen molar-refractivity contribution in [3.05, 3.63) is 0 Å². The highest BCUT2D eigenvalue weighted by molar-refractivity contribution is 6.09. The van der Waals surface area contributed by atoms with Gasteiger partial charge in [0.2, 0.25) is 5.91 Å². The number of imide groups is 1. The molecule has 2 atom stereocenters. The predicted octanol–water partition coefficient (Wildman–Crippen LogP) is 2.81. The third-order valence-electron chi connectivity index (χ3n) is 7.06. The van der Waals surface area contributed by atoms with Crippen molar-refractivity contribution in [2.75, 3.05) is 13.1 Å². The first kappa shape index (κ1) is 17.8. The van der Waals surface area contributed by atoms with Crippen LogP contribution in [0.3, 0.4) is 0 Å². The summed E-state index contributed by atoms with van der Waals surface area (Å²) in [6.45, 7) is 0.685. The van der Waals surface area contributed by atoms with E-state index in [4.69, 9.17) is 0 Å². The van der Waals surface area contributed by atoms with Crippen LogP contribution in [-0.4, -0.2) is 52.3 Å². The number of carbonyl (C=O) groups excluding carboxylic acids is 3. The maximum absolute atomic E-state index is 13.0. The second-order valence-corrected chi connectivity index (χ2v) is 8.66. The van der Waals surface area contributed by atoms with Gasteiger partial charge >= 0.3 is 6.03 Å². The largest absolute Gasteiger partial charge is 0.338 e. The lowest BCUT2D eigenvalue weighted by atomic mass is 9.78. The average molecular weight is 361 g/mol. The van der Waals surface area contributed by atoms with Gasteiger partial charge in [-0.15, -0.1) is 0 Å². The molecular weight excluding hydrogens is 330 g/mol. The zero-order valence-corrected chi connectivity index (χ0v) is 15.7. The molecule has 1 N–H and O–H groups in total. The smallest absolute Gasteiger partial charge is 0.325 e. The second kappa shape index (κ2) is 7.20. The van der Waals surface area contributed by atoms with E-state index in [-0.39, 0.29) is 24.4 Å². The van der Waals surface area contributed by atoms with Crippen LogP contribution < -0.4 is 5.32 Å². The number of carbonyl (C=O) groups is 3. The molecule has 4 amide bonds. The first-order valence-corrected chi connectivity index (χ1v) is 10.5. The third kappa shape index (κ3) is 3.12. The van der Waals surface area contributed by atoms with Crippen LogP contribution in [0.2, 0.25) is 0 Å². The topological polar surface area (TPSA) is 69.7 Å². The highest BCUT2D eigenvalue weighted by Gasteiger charge is 2.51. The summed E-state index contributed by atoms with van der Waals surface area (Å²) < 4.78 is 0. The lowest BCUT2D eigenvalue weighted by Gasteiger charge is -2.44. The van der Waals surface area contributed by atoms with Gasteiger partial charge in [-0.05, 0) is 44.4 Å². The number of nitrogens with zero attached hydrogens (tertiary/aromatic N) is 2. The molecule has 0 aromatic rings. The first-order valence-electron chi connectivity index (χ1n) is 10.5. The normalized spacial score (nSPS) is 31.5. The molecule has 2 aliphatic carbocycles. The number of rotatable bonds is 2. The van der Waals surface area contributed by atoms with Crippen LogP contribution in [0.15, 0.2) is 0 Å². The van der Waals surface area contributed by atoms with Crippen molar-refractivity contribution < 1.29 is 14.4 Å². The summed E-state index contributed by atoms with van der Waals surface area (Å²) in [5.41, 5.74) is -0.747. The quantitative estimate of drug-likeness (QED) is 0.769. The van der Waals surface area contributed by atoms with E-state index >= 15 is 0 Å². The number of hydrogen-bond acceptors (Lipinski definition) is 3. The maximum atomic E-state index is 13.0. The molecule has 26 heavy (non-hydrogen) atoms. The highest BCUT2D eigenvalue weighted by Crippen LogP contribution is 2.36. The van der Waals surface area contributed by atoms with Crippen LogP contribution in [-0.2, 0) is 9.59 Å². The first-order chi connectivity index (χ1) is 12.6. The molecular formula is C20H31N3O3. The standard InChI is InChI=1S/C20H31N3O3/c24-17(22-13-7-9-15-8-3-4-10-16(15)22)14-23-18(25)20(21-19(23)26)11-5-1-2-6-12-20/h15-16H,1-14H2,(H,21,26)/t15-,16-/m1/s1. The summed E-state index contributed by atoms with van der Waals surface area (Å²) in [6, 6.07) is -0.0555. The van der Waals surface area contributed by atoms with E-state index in [0.717, 1.165) is 45.1 Å². The molecule has 2 aliphatic heterocycles. The molecule has 0 radical (unpaired) electrons. The highest BCUT2D eigenvalue weighted by atomic mass is 16.2. The fourth-order valence-electron chi connectivity index (χ4n) is 5.65. The van der Waals surface area contributed by atoms with Gasteiger partial charge in [0.1, 0.15) is 12.1 Å². The van der Waals surface area contributed by atoms with Gasteiger partial charge in [-0.1, -0.05) is 38.5 Å². The van der Waals surface area contributed by atoms with Crippen molar-refractivity contribution >= 4 is 17.8 Å². The molecule has 144 valence electrons. The minimum atomic E-state index is -0.747. The Bertz CT molecular complexity index is 581. The Morgan fingerprint density at radius 1 is 0.962 bits per heavy atom.